The van der Waals surface area contributed by atoms with Crippen molar-refractivity contribution in [1.29, 1.82) is 0 Å². The number of benzene rings is 1. The lowest BCUT2D eigenvalue weighted by Gasteiger charge is -2.50. The molecule has 21 heavy (non-hydrogen) atoms. The van der Waals surface area contributed by atoms with E-state index in [2.05, 4.69) is 26.0 Å². The van der Waals surface area contributed by atoms with E-state index in [1.807, 2.05) is 12.1 Å². The monoisotopic (exact) mass is 282 g/mol. The lowest BCUT2D eigenvalue weighted by Crippen LogP contribution is -2.41. The van der Waals surface area contributed by atoms with Gasteiger partial charge in [0.2, 0.25) is 0 Å². The summed E-state index contributed by atoms with van der Waals surface area (Å²) in [5.41, 5.74) is 5.14. The highest BCUT2D eigenvalue weighted by Gasteiger charge is 2.50. The largest absolute Gasteiger partial charge is 0.508 e. The van der Waals surface area contributed by atoms with Gasteiger partial charge in [-0.1, -0.05) is 31.6 Å². The summed E-state index contributed by atoms with van der Waals surface area (Å²) in [5.74, 6) is 2.87. The fourth-order valence-corrected chi connectivity index (χ4v) is 5.77. The van der Waals surface area contributed by atoms with Crippen LogP contribution in [0, 0.1) is 17.3 Å². The molecule has 1 aromatic rings. The zero-order valence-corrected chi connectivity index (χ0v) is 13.2. The van der Waals surface area contributed by atoms with Gasteiger partial charge < -0.3 is 5.11 Å². The Kier molecular flexibility index (Phi) is 2.96. The van der Waals surface area contributed by atoms with Crippen LogP contribution in [-0.4, -0.2) is 5.11 Å². The summed E-state index contributed by atoms with van der Waals surface area (Å²) in [6.07, 6.45) is 10.2. The van der Waals surface area contributed by atoms with Gasteiger partial charge in [-0.05, 0) is 85.0 Å². The molecule has 0 bridgehead atoms. The minimum atomic E-state index is 0.434. The summed E-state index contributed by atoms with van der Waals surface area (Å²) in [6.45, 7) is 4.85. The van der Waals surface area contributed by atoms with E-state index in [-0.39, 0.29) is 0 Å². The third-order valence-corrected chi connectivity index (χ3v) is 6.83. The number of rotatable bonds is 1. The van der Waals surface area contributed by atoms with Gasteiger partial charge in [-0.2, -0.15) is 0 Å². The zero-order chi connectivity index (χ0) is 14.6. The molecule has 1 heteroatoms. The minimum Gasteiger partial charge on any atom is -0.508 e. The molecule has 0 radical (unpaired) electrons. The molecular formula is C20H26O. The van der Waals surface area contributed by atoms with Gasteiger partial charge in [0, 0.05) is 0 Å². The first-order valence-corrected chi connectivity index (χ1v) is 8.65. The molecule has 0 heterocycles. The number of fused-ring (bicyclic) bond motifs is 5. The summed E-state index contributed by atoms with van der Waals surface area (Å²) in [4.78, 5) is 0. The van der Waals surface area contributed by atoms with E-state index in [9.17, 15) is 5.11 Å². The maximum atomic E-state index is 9.73. The van der Waals surface area contributed by atoms with E-state index < -0.39 is 0 Å². The molecule has 0 aromatic heterocycles. The van der Waals surface area contributed by atoms with Crippen molar-refractivity contribution in [2.45, 2.75) is 58.3 Å². The fraction of sp³-hybridized carbons (Fsp3) is 0.600. The van der Waals surface area contributed by atoms with Crippen LogP contribution < -0.4 is 0 Å². The average molecular weight is 282 g/mol. The van der Waals surface area contributed by atoms with E-state index in [4.69, 9.17) is 0 Å². The Bertz CT molecular complexity index is 600. The van der Waals surface area contributed by atoms with Crippen LogP contribution in [0.15, 0.2) is 29.8 Å². The topological polar surface area (TPSA) is 20.2 Å². The van der Waals surface area contributed by atoms with Crippen LogP contribution in [0.4, 0.5) is 0 Å². The van der Waals surface area contributed by atoms with Crippen LogP contribution in [0.25, 0.3) is 0 Å². The number of hydrogen-bond donors (Lipinski definition) is 1. The van der Waals surface area contributed by atoms with Gasteiger partial charge in [-0.15, -0.1) is 0 Å². The van der Waals surface area contributed by atoms with Gasteiger partial charge in [0.15, 0.2) is 0 Å². The smallest absolute Gasteiger partial charge is 0.115 e. The SMILES string of the molecule is CCC1=CCC2C3CCc4cc(O)ccc4C3CCC12C. The summed E-state index contributed by atoms with van der Waals surface area (Å²) < 4.78 is 0. The zero-order valence-electron chi connectivity index (χ0n) is 13.2. The third-order valence-electron chi connectivity index (χ3n) is 6.83. The van der Waals surface area contributed by atoms with Crippen molar-refractivity contribution in [2.24, 2.45) is 17.3 Å². The van der Waals surface area contributed by atoms with E-state index in [0.717, 1.165) is 24.2 Å². The number of phenols is 1. The summed E-state index contributed by atoms with van der Waals surface area (Å²) in [7, 11) is 0. The fourth-order valence-electron chi connectivity index (χ4n) is 5.77. The number of aryl methyl sites for hydroxylation is 1. The van der Waals surface area contributed by atoms with Crippen molar-refractivity contribution >= 4 is 0 Å². The van der Waals surface area contributed by atoms with Crippen molar-refractivity contribution in [1.82, 2.24) is 0 Å². The molecule has 4 atom stereocenters. The van der Waals surface area contributed by atoms with Crippen molar-refractivity contribution < 1.29 is 5.11 Å². The summed E-state index contributed by atoms with van der Waals surface area (Å²) >= 11 is 0. The van der Waals surface area contributed by atoms with Crippen molar-refractivity contribution in [3.05, 3.63) is 41.0 Å². The summed E-state index contributed by atoms with van der Waals surface area (Å²) in [6, 6.07) is 6.09. The second-order valence-electron chi connectivity index (χ2n) is 7.57. The van der Waals surface area contributed by atoms with Crippen LogP contribution >= 0.6 is 0 Å². The first kappa shape index (κ1) is 13.4. The van der Waals surface area contributed by atoms with Gasteiger partial charge >= 0.3 is 0 Å². The predicted octanol–water partition coefficient (Wildman–Crippen LogP) is 5.19. The molecule has 4 unspecified atom stereocenters. The van der Waals surface area contributed by atoms with Crippen molar-refractivity contribution in [3.63, 3.8) is 0 Å². The second kappa shape index (κ2) is 4.63. The molecule has 0 spiro atoms. The first-order valence-electron chi connectivity index (χ1n) is 8.65. The van der Waals surface area contributed by atoms with Gasteiger partial charge in [0.25, 0.3) is 0 Å². The van der Waals surface area contributed by atoms with Gasteiger partial charge in [0.05, 0.1) is 0 Å². The van der Waals surface area contributed by atoms with Crippen molar-refractivity contribution in [3.8, 4) is 5.75 Å². The normalized spacial score (nSPS) is 37.4. The Balaban J connectivity index is 1.69. The molecule has 0 saturated heterocycles. The number of aromatic hydroxyl groups is 1. The van der Waals surface area contributed by atoms with Crippen LogP contribution in [-0.2, 0) is 6.42 Å². The minimum absolute atomic E-state index is 0.434. The third kappa shape index (κ3) is 1.82. The molecule has 1 saturated carbocycles. The van der Waals surface area contributed by atoms with Crippen LogP contribution in [0.1, 0.15) is 63.0 Å². The predicted molar refractivity (Wildman–Crippen MR) is 86.5 cm³/mol. The maximum Gasteiger partial charge on any atom is 0.115 e. The van der Waals surface area contributed by atoms with Crippen LogP contribution in [0.3, 0.4) is 0 Å². The summed E-state index contributed by atoms with van der Waals surface area (Å²) in [5, 5.41) is 9.73. The molecule has 0 aliphatic heterocycles. The molecule has 112 valence electrons. The molecule has 3 aliphatic rings. The Morgan fingerprint density at radius 2 is 2.14 bits per heavy atom. The molecule has 1 aromatic carbocycles. The lowest BCUT2D eigenvalue weighted by molar-refractivity contribution is 0.0735. The Morgan fingerprint density at radius 3 is 2.95 bits per heavy atom. The second-order valence-corrected chi connectivity index (χ2v) is 7.57. The maximum absolute atomic E-state index is 9.73. The highest BCUT2D eigenvalue weighted by molar-refractivity contribution is 5.41. The quantitative estimate of drug-likeness (QED) is 0.702. The molecule has 1 nitrogen and oxygen atoms in total. The molecule has 0 amide bonds. The Morgan fingerprint density at radius 1 is 1.29 bits per heavy atom. The molecule has 3 aliphatic carbocycles. The Labute approximate surface area is 128 Å². The lowest BCUT2D eigenvalue weighted by atomic mass is 9.54. The van der Waals surface area contributed by atoms with Gasteiger partial charge in [-0.25, -0.2) is 0 Å². The van der Waals surface area contributed by atoms with E-state index in [1.54, 1.807) is 5.57 Å². The molecule has 1 fully saturated rings. The van der Waals surface area contributed by atoms with Crippen LogP contribution in [0.2, 0.25) is 0 Å². The Hall–Kier alpha value is -1.24. The molecular weight excluding hydrogens is 256 g/mol. The average Bonchev–Trinajstić information content (AvgIpc) is 2.83. The number of hydrogen-bond acceptors (Lipinski definition) is 1. The highest BCUT2D eigenvalue weighted by atomic mass is 16.3. The van der Waals surface area contributed by atoms with Crippen molar-refractivity contribution in [2.75, 3.05) is 0 Å². The first-order chi connectivity index (χ1) is 10.1. The van der Waals surface area contributed by atoms with Gasteiger partial charge in [0.1, 0.15) is 5.75 Å². The number of allylic oxidation sites excluding steroid dienone is 2. The highest BCUT2D eigenvalue weighted by Crippen LogP contribution is 2.61. The molecule has 1 N–H and O–H groups in total. The van der Waals surface area contributed by atoms with E-state index >= 15 is 0 Å². The number of phenolic OH excluding ortho intramolecular Hbond substituents is 1. The molecule has 4 rings (SSSR count). The standard InChI is InChI=1S/C20H26O/c1-3-14-5-9-19-18-7-4-13-12-15(21)6-8-16(13)17(18)10-11-20(14,19)2/h5-6,8,12,17-19,21H,3-4,7,9-11H2,1-2H3. The van der Waals surface area contributed by atoms with Gasteiger partial charge in [-0.3, -0.25) is 0 Å². The van der Waals surface area contributed by atoms with E-state index in [0.29, 0.717) is 11.2 Å². The van der Waals surface area contributed by atoms with E-state index in [1.165, 1.54) is 43.2 Å². The van der Waals surface area contributed by atoms with Crippen LogP contribution in [0.5, 0.6) is 5.75 Å².